The lowest BCUT2D eigenvalue weighted by Crippen LogP contribution is -2.47. The normalized spacial score (nSPS) is 19.6. The lowest BCUT2D eigenvalue weighted by molar-refractivity contribution is -0.156. The number of rotatable bonds is 11. The molecule has 0 bridgehead atoms. The second-order valence-corrected chi connectivity index (χ2v) is 10.4. The van der Waals surface area contributed by atoms with Gasteiger partial charge in [0, 0.05) is 37.0 Å². The van der Waals surface area contributed by atoms with Gasteiger partial charge in [-0.2, -0.15) is 0 Å². The van der Waals surface area contributed by atoms with E-state index in [0.29, 0.717) is 6.42 Å². The third-order valence-corrected chi connectivity index (χ3v) is 6.43. The summed E-state index contributed by atoms with van der Waals surface area (Å²) >= 11 is 0. The molecule has 12 heteroatoms. The van der Waals surface area contributed by atoms with E-state index in [1.165, 1.54) is 0 Å². The summed E-state index contributed by atoms with van der Waals surface area (Å²) in [5, 5.41) is 9.36. The highest BCUT2D eigenvalue weighted by Gasteiger charge is 2.54. The topological polar surface area (TPSA) is 163 Å². The number of anilines is 2. The van der Waals surface area contributed by atoms with Crippen molar-refractivity contribution in [2.45, 2.75) is 51.4 Å². The molecule has 1 unspecified atom stereocenters. The molecule has 2 aromatic rings. The van der Waals surface area contributed by atoms with Crippen LogP contribution < -0.4 is 26.4 Å². The first-order chi connectivity index (χ1) is 18.4. The predicted octanol–water partition coefficient (Wildman–Crippen LogP) is 3.59. The molecule has 12 nitrogen and oxygen atoms in total. The number of alkyl carbamates (subject to hydrolysis) is 1. The van der Waals surface area contributed by atoms with E-state index in [1.807, 2.05) is 30.3 Å². The van der Waals surface area contributed by atoms with Gasteiger partial charge in [0.2, 0.25) is 0 Å². The van der Waals surface area contributed by atoms with E-state index in [0.717, 1.165) is 5.56 Å². The minimum atomic E-state index is -1.64. The average Bonchev–Trinajstić information content (AvgIpc) is 3.23. The Morgan fingerprint density at radius 2 is 1.95 bits per heavy atom. The van der Waals surface area contributed by atoms with E-state index in [4.69, 9.17) is 9.47 Å². The fraction of sp³-hybridized carbons (Fsp3) is 0.481. The molecule has 0 saturated carbocycles. The standard InChI is InChI=1S/C27H34N6O6/c1-6-10-19-15-33(16-27(19,31-32-28)24(36)38-17(2)18-11-8-7-9-12-18)21-20(22(34)23(21)35)29-13-14-30-25(37)39-26(3,4)5/h6-9,11-12,17,19,29H,1,10,13-16H2,2-5H3,(H,30,37)/t17-,19+,27?/m1/s1. The highest BCUT2D eigenvalue weighted by Crippen LogP contribution is 2.40. The lowest BCUT2D eigenvalue weighted by atomic mass is 9.85. The van der Waals surface area contributed by atoms with Gasteiger partial charge in [-0.15, -0.1) is 6.58 Å². The van der Waals surface area contributed by atoms with E-state index < -0.39 is 46.1 Å². The molecule has 1 amide bonds. The highest BCUT2D eigenvalue weighted by atomic mass is 16.6. The fourth-order valence-electron chi connectivity index (χ4n) is 4.57. The number of hydrogen-bond donors (Lipinski definition) is 2. The first-order valence-corrected chi connectivity index (χ1v) is 12.7. The summed E-state index contributed by atoms with van der Waals surface area (Å²) in [6.07, 6.45) is 0.697. The minimum absolute atomic E-state index is 0.0751. The van der Waals surface area contributed by atoms with Crippen LogP contribution in [0.4, 0.5) is 16.2 Å². The van der Waals surface area contributed by atoms with E-state index in [1.54, 1.807) is 38.7 Å². The van der Waals surface area contributed by atoms with Crippen molar-refractivity contribution in [3.63, 3.8) is 0 Å². The first-order valence-electron chi connectivity index (χ1n) is 12.7. The Labute approximate surface area is 226 Å². The van der Waals surface area contributed by atoms with Gasteiger partial charge in [-0.3, -0.25) is 14.4 Å². The van der Waals surface area contributed by atoms with E-state index in [2.05, 4.69) is 27.2 Å². The van der Waals surface area contributed by atoms with Crippen LogP contribution in [0.5, 0.6) is 0 Å². The maximum Gasteiger partial charge on any atom is 0.407 e. The van der Waals surface area contributed by atoms with Crippen molar-refractivity contribution in [2.75, 3.05) is 36.4 Å². The maximum atomic E-state index is 13.5. The van der Waals surface area contributed by atoms with Crippen molar-refractivity contribution >= 4 is 23.4 Å². The quantitative estimate of drug-likeness (QED) is 0.0834. The Bertz CT molecular complexity index is 1320. The summed E-state index contributed by atoms with van der Waals surface area (Å²) in [5.41, 5.74) is 6.64. The predicted molar refractivity (Wildman–Crippen MR) is 147 cm³/mol. The third kappa shape index (κ3) is 6.58. The molecule has 0 radical (unpaired) electrons. The van der Waals surface area contributed by atoms with Crippen molar-refractivity contribution in [1.82, 2.24) is 5.32 Å². The number of nitrogens with zero attached hydrogens (tertiary/aromatic N) is 4. The Morgan fingerprint density at radius 1 is 1.26 bits per heavy atom. The molecule has 0 aliphatic carbocycles. The van der Waals surface area contributed by atoms with Crippen molar-refractivity contribution in [1.29, 1.82) is 0 Å². The molecule has 0 spiro atoms. The number of hydrogen-bond acceptors (Lipinski definition) is 9. The zero-order chi connectivity index (χ0) is 28.8. The van der Waals surface area contributed by atoms with Gasteiger partial charge in [0.1, 0.15) is 23.1 Å². The zero-order valence-electron chi connectivity index (χ0n) is 22.6. The van der Waals surface area contributed by atoms with Gasteiger partial charge in [0.15, 0.2) is 5.54 Å². The van der Waals surface area contributed by atoms with Crippen LogP contribution in [-0.2, 0) is 14.3 Å². The number of nitrogens with one attached hydrogen (secondary N) is 2. The van der Waals surface area contributed by atoms with Crippen molar-refractivity contribution in [2.24, 2.45) is 11.0 Å². The number of esters is 1. The molecule has 1 heterocycles. The minimum Gasteiger partial charge on any atom is -0.457 e. The van der Waals surface area contributed by atoms with Gasteiger partial charge < -0.3 is 25.0 Å². The molecule has 208 valence electrons. The molecule has 1 aliphatic rings. The molecule has 39 heavy (non-hydrogen) atoms. The Kier molecular flexibility index (Phi) is 9.03. The Morgan fingerprint density at radius 3 is 2.56 bits per heavy atom. The number of carbonyl (C=O) groups excluding carboxylic acids is 2. The van der Waals surface area contributed by atoms with Crippen LogP contribution >= 0.6 is 0 Å². The number of amides is 1. The van der Waals surface area contributed by atoms with E-state index >= 15 is 0 Å². The molecular weight excluding hydrogens is 504 g/mol. The summed E-state index contributed by atoms with van der Waals surface area (Å²) in [7, 11) is 0. The third-order valence-electron chi connectivity index (χ3n) is 6.43. The highest BCUT2D eigenvalue weighted by molar-refractivity contribution is 5.86. The Hall–Kier alpha value is -4.31. The summed E-state index contributed by atoms with van der Waals surface area (Å²) in [6.45, 7) is 11.0. The number of allylic oxidation sites excluding steroid dienone is 1. The molecule has 3 atom stereocenters. The summed E-state index contributed by atoms with van der Waals surface area (Å²) < 4.78 is 10.9. The molecule has 3 rings (SSSR count). The number of carbonyl (C=O) groups is 2. The number of azide groups is 1. The van der Waals surface area contributed by atoms with Gasteiger partial charge in [-0.05, 0) is 45.2 Å². The van der Waals surface area contributed by atoms with Crippen LogP contribution in [0.2, 0.25) is 0 Å². The SMILES string of the molecule is C=CC[C@H]1CN(c2c(NCCNC(=O)OC(C)(C)C)c(=O)c2=O)CC1(N=[N+]=[N-])C(=O)O[C@H](C)c1ccccc1. The lowest BCUT2D eigenvalue weighted by Gasteiger charge is -2.29. The molecule has 2 aromatic carbocycles. The molecular formula is C27H34N6O6. The van der Waals surface area contributed by atoms with Gasteiger partial charge in [0.05, 0.1) is 0 Å². The number of benzene rings is 1. The fourth-order valence-corrected chi connectivity index (χ4v) is 4.57. The second-order valence-electron chi connectivity index (χ2n) is 10.4. The first kappa shape index (κ1) is 29.2. The maximum absolute atomic E-state index is 13.5. The average molecular weight is 539 g/mol. The molecule has 1 saturated heterocycles. The molecule has 2 N–H and O–H groups in total. The van der Waals surface area contributed by atoms with Crippen LogP contribution in [0.25, 0.3) is 10.4 Å². The van der Waals surface area contributed by atoms with Crippen molar-refractivity contribution in [3.05, 3.63) is 79.4 Å². The van der Waals surface area contributed by atoms with Crippen LogP contribution in [0.15, 0.2) is 57.7 Å². The van der Waals surface area contributed by atoms with Crippen LogP contribution in [0.3, 0.4) is 0 Å². The Balaban J connectivity index is 1.78. The zero-order valence-corrected chi connectivity index (χ0v) is 22.6. The molecule has 0 aromatic heterocycles. The van der Waals surface area contributed by atoms with Gasteiger partial charge in [-0.25, -0.2) is 4.79 Å². The summed E-state index contributed by atoms with van der Waals surface area (Å²) in [6, 6.07) is 9.13. The van der Waals surface area contributed by atoms with Gasteiger partial charge in [-0.1, -0.05) is 41.5 Å². The smallest absolute Gasteiger partial charge is 0.407 e. The number of ether oxygens (including phenoxy) is 2. The monoisotopic (exact) mass is 538 g/mol. The summed E-state index contributed by atoms with van der Waals surface area (Å²) in [4.78, 5) is 54.9. The van der Waals surface area contributed by atoms with Gasteiger partial charge >= 0.3 is 12.1 Å². The van der Waals surface area contributed by atoms with E-state index in [-0.39, 0.29) is 37.6 Å². The molecule has 1 aliphatic heterocycles. The van der Waals surface area contributed by atoms with Crippen molar-refractivity contribution in [3.8, 4) is 0 Å². The van der Waals surface area contributed by atoms with Crippen LogP contribution in [0, 0.1) is 5.92 Å². The summed E-state index contributed by atoms with van der Waals surface area (Å²) in [5.74, 6) is -1.27. The van der Waals surface area contributed by atoms with E-state index in [9.17, 15) is 24.7 Å². The van der Waals surface area contributed by atoms with Gasteiger partial charge in [0.25, 0.3) is 10.9 Å². The van der Waals surface area contributed by atoms with Crippen LogP contribution in [-0.4, -0.2) is 49.4 Å². The second kappa shape index (κ2) is 12.0. The molecule has 1 fully saturated rings. The van der Waals surface area contributed by atoms with Crippen molar-refractivity contribution < 1.29 is 19.1 Å². The van der Waals surface area contributed by atoms with Crippen LogP contribution in [0.1, 0.15) is 45.8 Å². The largest absolute Gasteiger partial charge is 0.457 e.